The third-order valence-electron chi connectivity index (χ3n) is 4.81. The quantitative estimate of drug-likeness (QED) is 0.525. The van der Waals surface area contributed by atoms with E-state index in [1.807, 2.05) is 0 Å². The van der Waals surface area contributed by atoms with Crippen molar-refractivity contribution in [3.63, 3.8) is 0 Å². The summed E-state index contributed by atoms with van der Waals surface area (Å²) >= 11 is 0. The molecule has 1 aliphatic rings. The van der Waals surface area contributed by atoms with Crippen LogP contribution in [0.2, 0.25) is 0 Å². The fourth-order valence-electron chi connectivity index (χ4n) is 3.42. The number of nitrogens with zero attached hydrogens (tertiary/aromatic N) is 1. The van der Waals surface area contributed by atoms with Crippen LogP contribution in [-0.4, -0.2) is 15.9 Å². The number of amides is 1. The van der Waals surface area contributed by atoms with Crippen LogP contribution in [0.15, 0.2) is 48.5 Å². The molecule has 0 fully saturated rings. The van der Waals surface area contributed by atoms with Gasteiger partial charge in [-0.25, -0.2) is 18.2 Å². The molecule has 1 aromatic heterocycles. The van der Waals surface area contributed by atoms with E-state index >= 15 is 0 Å². The second-order valence-electron chi connectivity index (χ2n) is 6.66. The summed E-state index contributed by atoms with van der Waals surface area (Å²) in [4.78, 5) is 18.7. The molecule has 4 aromatic rings. The minimum Gasteiger partial charge on any atom is -0.338 e. The molecule has 0 spiro atoms. The number of nitrogens with one attached hydrogen (secondary N) is 2. The van der Waals surface area contributed by atoms with Crippen LogP contribution in [-0.2, 0) is 11.2 Å². The molecule has 0 radical (unpaired) electrons. The number of fused-ring (bicyclic) bond motifs is 2. The predicted octanol–water partition coefficient (Wildman–Crippen LogP) is 4.81. The number of benzene rings is 3. The zero-order valence-electron chi connectivity index (χ0n) is 14.3. The van der Waals surface area contributed by atoms with Crippen LogP contribution in [0.25, 0.3) is 33.5 Å². The molecule has 0 unspecified atom stereocenters. The van der Waals surface area contributed by atoms with Gasteiger partial charge in [0, 0.05) is 28.9 Å². The number of anilines is 1. The van der Waals surface area contributed by atoms with Crippen LogP contribution in [0.1, 0.15) is 5.56 Å². The van der Waals surface area contributed by atoms with Gasteiger partial charge in [-0.15, -0.1) is 0 Å². The van der Waals surface area contributed by atoms with Crippen LogP contribution >= 0.6 is 0 Å². The summed E-state index contributed by atoms with van der Waals surface area (Å²) in [6, 6.07) is 11.8. The zero-order chi connectivity index (χ0) is 19.4. The Labute approximate surface area is 157 Å². The Morgan fingerprint density at radius 3 is 2.50 bits per heavy atom. The van der Waals surface area contributed by atoms with Gasteiger partial charge in [-0.3, -0.25) is 4.79 Å². The molecule has 28 heavy (non-hydrogen) atoms. The monoisotopic (exact) mass is 379 g/mol. The van der Waals surface area contributed by atoms with Gasteiger partial charge in [-0.05, 0) is 35.4 Å². The summed E-state index contributed by atoms with van der Waals surface area (Å²) in [6.45, 7) is 0. The number of hydrogen-bond acceptors (Lipinski definition) is 2. The highest BCUT2D eigenvalue weighted by Crippen LogP contribution is 2.33. The number of rotatable bonds is 2. The Morgan fingerprint density at radius 2 is 1.64 bits per heavy atom. The molecule has 2 heterocycles. The first-order valence-electron chi connectivity index (χ1n) is 8.56. The van der Waals surface area contributed by atoms with Crippen molar-refractivity contribution in [1.29, 1.82) is 0 Å². The summed E-state index contributed by atoms with van der Waals surface area (Å²) in [5, 5.41) is 2.75. The van der Waals surface area contributed by atoms with Gasteiger partial charge in [0.1, 0.15) is 11.6 Å². The zero-order valence-corrected chi connectivity index (χ0v) is 14.3. The van der Waals surface area contributed by atoms with E-state index in [-0.39, 0.29) is 11.4 Å². The van der Waals surface area contributed by atoms with Gasteiger partial charge in [0.2, 0.25) is 5.91 Å². The normalized spacial score (nSPS) is 13.0. The summed E-state index contributed by atoms with van der Waals surface area (Å²) < 4.78 is 41.4. The molecule has 1 aliphatic heterocycles. The van der Waals surface area contributed by atoms with E-state index < -0.39 is 17.5 Å². The van der Waals surface area contributed by atoms with Crippen molar-refractivity contribution in [2.24, 2.45) is 0 Å². The topological polar surface area (TPSA) is 57.8 Å². The fourth-order valence-corrected chi connectivity index (χ4v) is 3.42. The first kappa shape index (κ1) is 16.6. The second kappa shape index (κ2) is 5.95. The number of carbonyl (C=O) groups excluding carboxylic acids is 1. The highest BCUT2D eigenvalue weighted by Gasteiger charge is 2.19. The molecule has 0 atom stereocenters. The lowest BCUT2D eigenvalue weighted by Crippen LogP contribution is -2.03. The Kier molecular flexibility index (Phi) is 3.52. The summed E-state index contributed by atoms with van der Waals surface area (Å²) in [7, 11) is 0. The molecule has 0 saturated carbocycles. The smallest absolute Gasteiger partial charge is 0.228 e. The summed E-state index contributed by atoms with van der Waals surface area (Å²) in [6.07, 6.45) is 0.310. The maximum absolute atomic E-state index is 14.5. The van der Waals surface area contributed by atoms with Gasteiger partial charge in [-0.2, -0.15) is 0 Å². The maximum Gasteiger partial charge on any atom is 0.228 e. The highest BCUT2D eigenvalue weighted by atomic mass is 19.2. The predicted molar refractivity (Wildman–Crippen MR) is 99.2 cm³/mol. The van der Waals surface area contributed by atoms with E-state index in [9.17, 15) is 18.0 Å². The molecule has 7 heteroatoms. The Bertz CT molecular complexity index is 1240. The lowest BCUT2D eigenvalue weighted by molar-refractivity contribution is -0.115. The molecule has 4 nitrogen and oxygen atoms in total. The molecule has 2 N–H and O–H groups in total. The Morgan fingerprint density at radius 1 is 0.857 bits per heavy atom. The average Bonchev–Trinajstić information content (AvgIpc) is 3.24. The fraction of sp³-hybridized carbons (Fsp3) is 0.0476. The van der Waals surface area contributed by atoms with E-state index in [0.717, 1.165) is 17.7 Å². The standard InChI is InChI=1S/C21H12F3N3O/c22-14-4-3-12(21-26-18-8-15(23)16(24)9-19(18)27-21)5-13(14)10-1-2-11-7-20(28)25-17(11)6-10/h1-6,8-9H,7H2,(H,25,28)(H,26,27). The second-order valence-corrected chi connectivity index (χ2v) is 6.66. The first-order chi connectivity index (χ1) is 13.5. The number of hydrogen-bond donors (Lipinski definition) is 2. The molecule has 1 amide bonds. The van der Waals surface area contributed by atoms with E-state index in [1.54, 1.807) is 30.3 Å². The van der Waals surface area contributed by atoms with E-state index in [4.69, 9.17) is 0 Å². The number of carbonyl (C=O) groups is 1. The van der Waals surface area contributed by atoms with Crippen molar-refractivity contribution < 1.29 is 18.0 Å². The molecule has 0 saturated heterocycles. The number of aromatic nitrogens is 2. The third kappa shape index (κ3) is 2.63. The Balaban J connectivity index is 1.60. The highest BCUT2D eigenvalue weighted by molar-refractivity contribution is 6.00. The first-order valence-corrected chi connectivity index (χ1v) is 8.56. The number of imidazole rings is 1. The molecule has 0 aliphatic carbocycles. The third-order valence-corrected chi connectivity index (χ3v) is 4.81. The van der Waals surface area contributed by atoms with Crippen molar-refractivity contribution in [3.05, 3.63) is 71.5 Å². The summed E-state index contributed by atoms with van der Waals surface area (Å²) in [5.41, 5.74) is 3.67. The minimum atomic E-state index is -0.981. The maximum atomic E-state index is 14.5. The number of halogens is 3. The van der Waals surface area contributed by atoms with Gasteiger partial charge in [0.15, 0.2) is 11.6 Å². The average molecular weight is 379 g/mol. The van der Waals surface area contributed by atoms with Crippen molar-refractivity contribution in [2.45, 2.75) is 6.42 Å². The molecular weight excluding hydrogens is 367 g/mol. The van der Waals surface area contributed by atoms with Crippen LogP contribution in [0.3, 0.4) is 0 Å². The van der Waals surface area contributed by atoms with Crippen molar-refractivity contribution in [2.75, 3.05) is 5.32 Å². The van der Waals surface area contributed by atoms with Gasteiger partial charge in [0.05, 0.1) is 17.5 Å². The summed E-state index contributed by atoms with van der Waals surface area (Å²) in [5.74, 6) is -2.10. The van der Waals surface area contributed by atoms with E-state index in [0.29, 0.717) is 40.1 Å². The molecule has 3 aromatic carbocycles. The molecular formula is C21H12F3N3O. The largest absolute Gasteiger partial charge is 0.338 e. The Hall–Kier alpha value is -3.61. The SMILES string of the molecule is O=C1Cc2ccc(-c3cc(-c4nc5cc(F)c(F)cc5[nH]4)ccc3F)cc2N1. The van der Waals surface area contributed by atoms with Crippen LogP contribution in [0.5, 0.6) is 0 Å². The molecule has 0 bridgehead atoms. The van der Waals surface area contributed by atoms with Gasteiger partial charge >= 0.3 is 0 Å². The lowest BCUT2D eigenvalue weighted by Gasteiger charge is -2.08. The van der Waals surface area contributed by atoms with Gasteiger partial charge in [-0.1, -0.05) is 12.1 Å². The van der Waals surface area contributed by atoms with Crippen LogP contribution in [0.4, 0.5) is 18.9 Å². The molecule has 138 valence electrons. The van der Waals surface area contributed by atoms with Gasteiger partial charge in [0.25, 0.3) is 0 Å². The van der Waals surface area contributed by atoms with Crippen LogP contribution < -0.4 is 5.32 Å². The van der Waals surface area contributed by atoms with Crippen molar-refractivity contribution >= 4 is 22.6 Å². The number of H-pyrrole nitrogens is 1. The lowest BCUT2D eigenvalue weighted by atomic mass is 10.00. The van der Waals surface area contributed by atoms with Gasteiger partial charge < -0.3 is 10.3 Å². The number of aromatic amines is 1. The van der Waals surface area contributed by atoms with Crippen LogP contribution in [0, 0.1) is 17.5 Å². The minimum absolute atomic E-state index is 0.0943. The van der Waals surface area contributed by atoms with E-state index in [2.05, 4.69) is 15.3 Å². The molecule has 5 rings (SSSR count). The van der Waals surface area contributed by atoms with Crippen molar-refractivity contribution in [3.8, 4) is 22.5 Å². The van der Waals surface area contributed by atoms with E-state index in [1.165, 1.54) is 6.07 Å². The van der Waals surface area contributed by atoms with Crippen molar-refractivity contribution in [1.82, 2.24) is 9.97 Å².